The minimum atomic E-state index is -0.123. The third-order valence-corrected chi connectivity index (χ3v) is 8.94. The molecule has 0 aromatic heterocycles. The molecule has 0 aromatic carbocycles. The van der Waals surface area contributed by atoms with Gasteiger partial charge in [-0.25, -0.2) is 0 Å². The summed E-state index contributed by atoms with van der Waals surface area (Å²) in [5.74, 6) is 3.40. The van der Waals surface area contributed by atoms with Crippen molar-refractivity contribution in [2.45, 2.75) is 84.7 Å². The van der Waals surface area contributed by atoms with Gasteiger partial charge in [0.2, 0.25) is 0 Å². The van der Waals surface area contributed by atoms with Gasteiger partial charge in [0.25, 0.3) is 0 Å². The standard InChI is InChI=1S/C22H33NO2/c1-14(24)25-16-5-7-19-17-9-11-22(3)15(13-23)4-6-20(22)18(17)8-10-21(19,2)12-16/h15-20H,4-12H2,1-3H3/t15-,16-,17-,18+,19+,20-,21+,22+/m0/s1. The fraction of sp³-hybridized carbons (Fsp3) is 0.909. The van der Waals surface area contributed by atoms with Crippen LogP contribution in [0.4, 0.5) is 0 Å². The number of nitrogens with zero attached hydrogens (tertiary/aromatic N) is 1. The molecule has 25 heavy (non-hydrogen) atoms. The van der Waals surface area contributed by atoms with Crippen LogP contribution in [0, 0.1) is 51.8 Å². The highest BCUT2D eigenvalue weighted by Gasteiger charge is 2.59. The van der Waals surface area contributed by atoms with Gasteiger partial charge >= 0.3 is 5.97 Å². The molecule has 4 saturated carbocycles. The SMILES string of the molecule is CC(=O)O[C@H]1CC[C@@H]2[C@H]3CC[C@]4(C)[C@H](C#N)CC[C@H]4[C@@H]3CC[C@]2(C)C1. The molecule has 0 heterocycles. The zero-order valence-electron chi connectivity index (χ0n) is 16.1. The predicted octanol–water partition coefficient (Wildman–Crippen LogP) is 5.10. The van der Waals surface area contributed by atoms with Gasteiger partial charge < -0.3 is 4.74 Å². The summed E-state index contributed by atoms with van der Waals surface area (Å²) >= 11 is 0. The molecule has 138 valence electrons. The summed E-state index contributed by atoms with van der Waals surface area (Å²) < 4.78 is 5.58. The maximum atomic E-state index is 11.4. The Labute approximate surface area is 152 Å². The molecule has 0 spiro atoms. The molecule has 0 saturated heterocycles. The maximum Gasteiger partial charge on any atom is 0.302 e. The number of hydrogen-bond acceptors (Lipinski definition) is 3. The second-order valence-corrected chi connectivity index (χ2v) is 10.0. The Morgan fingerprint density at radius 3 is 2.40 bits per heavy atom. The van der Waals surface area contributed by atoms with Crippen molar-refractivity contribution in [2.75, 3.05) is 0 Å². The second-order valence-electron chi connectivity index (χ2n) is 10.0. The van der Waals surface area contributed by atoms with Gasteiger partial charge in [0, 0.05) is 6.92 Å². The Kier molecular flexibility index (Phi) is 4.17. The van der Waals surface area contributed by atoms with Gasteiger partial charge in [-0.1, -0.05) is 13.8 Å². The normalized spacial score (nSPS) is 51.6. The summed E-state index contributed by atoms with van der Waals surface area (Å²) in [5, 5.41) is 9.60. The Morgan fingerprint density at radius 1 is 1.00 bits per heavy atom. The van der Waals surface area contributed by atoms with Crippen LogP contribution in [0.3, 0.4) is 0 Å². The third-order valence-electron chi connectivity index (χ3n) is 8.94. The number of nitriles is 1. The highest BCUT2D eigenvalue weighted by atomic mass is 16.5. The van der Waals surface area contributed by atoms with Crippen LogP contribution in [0.1, 0.15) is 78.6 Å². The van der Waals surface area contributed by atoms with Gasteiger partial charge in [0.1, 0.15) is 6.10 Å². The number of carbonyl (C=O) groups excluding carboxylic acids is 1. The summed E-state index contributed by atoms with van der Waals surface area (Å²) in [7, 11) is 0. The molecular formula is C22H33NO2. The largest absolute Gasteiger partial charge is 0.463 e. The lowest BCUT2D eigenvalue weighted by Gasteiger charge is -2.59. The zero-order chi connectivity index (χ0) is 17.8. The number of carbonyl (C=O) groups is 1. The molecule has 0 aliphatic heterocycles. The highest BCUT2D eigenvalue weighted by molar-refractivity contribution is 5.66. The lowest BCUT2D eigenvalue weighted by Crippen LogP contribution is -2.52. The van der Waals surface area contributed by atoms with E-state index >= 15 is 0 Å². The Balaban J connectivity index is 1.53. The van der Waals surface area contributed by atoms with Gasteiger partial charge in [-0.3, -0.25) is 4.79 Å². The van der Waals surface area contributed by atoms with E-state index in [2.05, 4.69) is 19.9 Å². The highest BCUT2D eigenvalue weighted by Crippen LogP contribution is 2.66. The molecule has 0 aromatic rings. The minimum absolute atomic E-state index is 0.123. The van der Waals surface area contributed by atoms with E-state index in [-0.39, 0.29) is 23.4 Å². The van der Waals surface area contributed by atoms with Crippen LogP contribution in [0.15, 0.2) is 0 Å². The van der Waals surface area contributed by atoms with Gasteiger partial charge in [0.05, 0.1) is 12.0 Å². The molecule has 4 fully saturated rings. The van der Waals surface area contributed by atoms with E-state index in [0.717, 1.165) is 42.9 Å². The zero-order valence-corrected chi connectivity index (χ0v) is 16.1. The van der Waals surface area contributed by atoms with Crippen LogP contribution >= 0.6 is 0 Å². The van der Waals surface area contributed by atoms with Crippen LogP contribution in [0.2, 0.25) is 0 Å². The van der Waals surface area contributed by atoms with Crippen molar-refractivity contribution in [3.05, 3.63) is 0 Å². The van der Waals surface area contributed by atoms with Crippen LogP contribution in [0.25, 0.3) is 0 Å². The fourth-order valence-corrected chi connectivity index (χ4v) is 7.78. The van der Waals surface area contributed by atoms with E-state index < -0.39 is 0 Å². The molecule has 0 amide bonds. The van der Waals surface area contributed by atoms with E-state index in [4.69, 9.17) is 4.74 Å². The first-order valence-electron chi connectivity index (χ1n) is 10.4. The molecule has 0 radical (unpaired) electrons. The first-order valence-corrected chi connectivity index (χ1v) is 10.4. The first-order chi connectivity index (χ1) is 11.9. The topological polar surface area (TPSA) is 50.1 Å². The molecule has 4 rings (SSSR count). The van der Waals surface area contributed by atoms with Crippen molar-refractivity contribution in [3.63, 3.8) is 0 Å². The average Bonchev–Trinajstić information content (AvgIpc) is 2.89. The van der Waals surface area contributed by atoms with Crippen molar-refractivity contribution in [3.8, 4) is 6.07 Å². The predicted molar refractivity (Wildman–Crippen MR) is 96.4 cm³/mol. The van der Waals surface area contributed by atoms with E-state index in [1.54, 1.807) is 6.92 Å². The van der Waals surface area contributed by atoms with Crippen molar-refractivity contribution < 1.29 is 9.53 Å². The van der Waals surface area contributed by atoms with Crippen LogP contribution in [-0.4, -0.2) is 12.1 Å². The van der Waals surface area contributed by atoms with Crippen LogP contribution in [-0.2, 0) is 9.53 Å². The Morgan fingerprint density at radius 2 is 1.68 bits per heavy atom. The molecule has 0 bridgehead atoms. The number of rotatable bonds is 1. The Bertz CT molecular complexity index is 595. The van der Waals surface area contributed by atoms with E-state index in [9.17, 15) is 10.1 Å². The minimum Gasteiger partial charge on any atom is -0.463 e. The monoisotopic (exact) mass is 343 g/mol. The molecular weight excluding hydrogens is 310 g/mol. The van der Waals surface area contributed by atoms with Crippen molar-refractivity contribution in [1.82, 2.24) is 0 Å². The summed E-state index contributed by atoms with van der Waals surface area (Å²) in [5.41, 5.74) is 0.624. The molecule has 3 nitrogen and oxygen atoms in total. The molecule has 3 heteroatoms. The van der Waals surface area contributed by atoms with Gasteiger partial charge in [-0.2, -0.15) is 5.26 Å². The summed E-state index contributed by atoms with van der Waals surface area (Å²) in [6, 6.07) is 2.64. The number of hydrogen-bond donors (Lipinski definition) is 0. The summed E-state index contributed by atoms with van der Waals surface area (Å²) in [6.45, 7) is 6.42. The fourth-order valence-electron chi connectivity index (χ4n) is 7.78. The number of esters is 1. The van der Waals surface area contributed by atoms with Gasteiger partial charge in [0.15, 0.2) is 0 Å². The average molecular weight is 344 g/mol. The van der Waals surface area contributed by atoms with Crippen molar-refractivity contribution >= 4 is 5.97 Å². The number of ether oxygens (including phenoxy) is 1. The lowest BCUT2D eigenvalue weighted by molar-refractivity contribution is -0.158. The first kappa shape index (κ1) is 17.4. The smallest absolute Gasteiger partial charge is 0.302 e. The Hall–Kier alpha value is -1.04. The molecule has 4 aliphatic carbocycles. The maximum absolute atomic E-state index is 11.4. The summed E-state index contributed by atoms with van der Waals surface area (Å²) in [4.78, 5) is 11.4. The van der Waals surface area contributed by atoms with Crippen LogP contribution in [0.5, 0.6) is 0 Å². The van der Waals surface area contributed by atoms with E-state index in [1.165, 1.54) is 38.5 Å². The van der Waals surface area contributed by atoms with Gasteiger partial charge in [-0.15, -0.1) is 0 Å². The lowest BCUT2D eigenvalue weighted by atomic mass is 9.46. The van der Waals surface area contributed by atoms with Crippen LogP contribution < -0.4 is 0 Å². The molecule has 8 atom stereocenters. The molecule has 0 N–H and O–H groups in total. The van der Waals surface area contributed by atoms with Crippen molar-refractivity contribution in [1.29, 1.82) is 5.26 Å². The second kappa shape index (κ2) is 6.00. The van der Waals surface area contributed by atoms with E-state index in [0.29, 0.717) is 5.41 Å². The third kappa shape index (κ3) is 2.63. The quantitative estimate of drug-likeness (QED) is 0.622. The molecule has 4 aliphatic rings. The van der Waals surface area contributed by atoms with E-state index in [1.807, 2.05) is 0 Å². The van der Waals surface area contributed by atoms with Gasteiger partial charge in [-0.05, 0) is 92.3 Å². The number of fused-ring (bicyclic) bond motifs is 5. The molecule has 0 unspecified atom stereocenters. The summed E-state index contributed by atoms with van der Waals surface area (Å²) in [6.07, 6.45) is 11.0. The van der Waals surface area contributed by atoms with Crippen molar-refractivity contribution in [2.24, 2.45) is 40.4 Å².